The molecule has 1 fully saturated rings. The lowest BCUT2D eigenvalue weighted by atomic mass is 9.82. The molecule has 0 atom stereocenters. The standard InChI is InChI=1S/C15H17NO6/c17-13(18)10-15(8-4-1-5-9-15)22-14(19)11-6-2-3-7-12(11)16(20)21/h2-3,6-7H,1,4-5,8-10H2,(H,17,18). The molecule has 0 spiro atoms. The van der Waals surface area contributed by atoms with Crippen LogP contribution in [0.15, 0.2) is 24.3 Å². The van der Waals surface area contributed by atoms with Crippen molar-refractivity contribution in [1.29, 1.82) is 0 Å². The molecule has 1 aliphatic carbocycles. The van der Waals surface area contributed by atoms with Crippen LogP contribution >= 0.6 is 0 Å². The highest BCUT2D eigenvalue weighted by atomic mass is 16.6. The summed E-state index contributed by atoms with van der Waals surface area (Å²) in [6, 6.07) is 5.51. The first-order valence-corrected chi connectivity index (χ1v) is 7.12. The fraction of sp³-hybridized carbons (Fsp3) is 0.467. The van der Waals surface area contributed by atoms with Gasteiger partial charge in [-0.05, 0) is 31.7 Å². The molecule has 0 bridgehead atoms. The normalized spacial score (nSPS) is 16.7. The maximum Gasteiger partial charge on any atom is 0.345 e. The number of nitrogens with zero attached hydrogens (tertiary/aromatic N) is 1. The van der Waals surface area contributed by atoms with Crippen molar-refractivity contribution in [2.45, 2.75) is 44.1 Å². The molecule has 7 nitrogen and oxygen atoms in total. The summed E-state index contributed by atoms with van der Waals surface area (Å²) in [5.74, 6) is -1.88. The van der Waals surface area contributed by atoms with Gasteiger partial charge in [0, 0.05) is 6.07 Å². The number of ether oxygens (including phenoxy) is 1. The molecule has 1 saturated carbocycles. The van der Waals surface area contributed by atoms with Gasteiger partial charge in [0.2, 0.25) is 0 Å². The van der Waals surface area contributed by atoms with Gasteiger partial charge in [-0.1, -0.05) is 18.6 Å². The van der Waals surface area contributed by atoms with Crippen LogP contribution in [0.4, 0.5) is 5.69 Å². The second-order valence-corrected chi connectivity index (χ2v) is 5.48. The molecule has 1 N–H and O–H groups in total. The zero-order valence-electron chi connectivity index (χ0n) is 12.0. The molecule has 1 aliphatic rings. The molecule has 0 amide bonds. The van der Waals surface area contributed by atoms with E-state index in [4.69, 9.17) is 9.84 Å². The Morgan fingerprint density at radius 2 is 1.86 bits per heavy atom. The largest absolute Gasteiger partial charge is 0.481 e. The van der Waals surface area contributed by atoms with Gasteiger partial charge >= 0.3 is 11.9 Å². The van der Waals surface area contributed by atoms with Crippen LogP contribution in [0, 0.1) is 10.1 Å². The highest BCUT2D eigenvalue weighted by Gasteiger charge is 2.39. The van der Waals surface area contributed by atoms with Crippen LogP contribution in [0.3, 0.4) is 0 Å². The molecule has 22 heavy (non-hydrogen) atoms. The minimum absolute atomic E-state index is 0.150. The summed E-state index contributed by atoms with van der Waals surface area (Å²) in [7, 11) is 0. The van der Waals surface area contributed by atoms with Gasteiger partial charge in [-0.3, -0.25) is 14.9 Å². The van der Waals surface area contributed by atoms with E-state index in [-0.39, 0.29) is 17.7 Å². The Balaban J connectivity index is 2.25. The van der Waals surface area contributed by atoms with E-state index >= 15 is 0 Å². The van der Waals surface area contributed by atoms with Crippen LogP contribution in [-0.2, 0) is 9.53 Å². The minimum Gasteiger partial charge on any atom is -0.481 e. The summed E-state index contributed by atoms with van der Waals surface area (Å²) in [4.78, 5) is 33.7. The monoisotopic (exact) mass is 307 g/mol. The van der Waals surface area contributed by atoms with E-state index in [1.807, 2.05) is 0 Å². The van der Waals surface area contributed by atoms with Crippen LogP contribution in [0.25, 0.3) is 0 Å². The molecule has 0 saturated heterocycles. The van der Waals surface area contributed by atoms with Crippen molar-refractivity contribution in [3.05, 3.63) is 39.9 Å². The highest BCUT2D eigenvalue weighted by molar-refractivity contribution is 5.94. The lowest BCUT2D eigenvalue weighted by Gasteiger charge is -2.35. The highest BCUT2D eigenvalue weighted by Crippen LogP contribution is 2.36. The summed E-state index contributed by atoms with van der Waals surface area (Å²) in [6.45, 7) is 0. The Labute approximate surface area is 127 Å². The maximum atomic E-state index is 12.3. The van der Waals surface area contributed by atoms with Crippen molar-refractivity contribution in [3.8, 4) is 0 Å². The van der Waals surface area contributed by atoms with Crippen molar-refractivity contribution in [1.82, 2.24) is 0 Å². The van der Waals surface area contributed by atoms with Crippen molar-refractivity contribution in [2.75, 3.05) is 0 Å². The second kappa shape index (κ2) is 6.55. The zero-order chi connectivity index (χ0) is 16.2. The van der Waals surface area contributed by atoms with Gasteiger partial charge < -0.3 is 9.84 Å². The first-order chi connectivity index (χ1) is 10.4. The van der Waals surface area contributed by atoms with Crippen LogP contribution in [0.2, 0.25) is 0 Å². The smallest absolute Gasteiger partial charge is 0.345 e. The maximum absolute atomic E-state index is 12.3. The molecular weight excluding hydrogens is 290 g/mol. The molecule has 0 aromatic heterocycles. The third-order valence-electron chi connectivity index (χ3n) is 3.87. The number of carbonyl (C=O) groups is 2. The van der Waals surface area contributed by atoms with Crippen LogP contribution < -0.4 is 0 Å². The van der Waals surface area contributed by atoms with Crippen molar-refractivity contribution in [3.63, 3.8) is 0 Å². The molecular formula is C15H17NO6. The van der Waals surface area contributed by atoms with Gasteiger partial charge in [-0.2, -0.15) is 0 Å². The number of para-hydroxylation sites is 1. The summed E-state index contributed by atoms with van der Waals surface area (Å²) >= 11 is 0. The number of aliphatic carboxylic acids is 1. The Morgan fingerprint density at radius 3 is 2.45 bits per heavy atom. The van der Waals surface area contributed by atoms with Crippen molar-refractivity contribution >= 4 is 17.6 Å². The molecule has 1 aromatic rings. The van der Waals surface area contributed by atoms with E-state index in [1.165, 1.54) is 24.3 Å². The van der Waals surface area contributed by atoms with Crippen molar-refractivity contribution < 1.29 is 24.4 Å². The molecule has 1 aromatic carbocycles. The first kappa shape index (κ1) is 15.9. The summed E-state index contributed by atoms with van der Waals surface area (Å²) in [5.41, 5.74) is -1.55. The number of rotatable bonds is 5. The SMILES string of the molecule is O=C(O)CC1(OC(=O)c2ccccc2[N+](=O)[O-])CCCCC1. The van der Waals surface area contributed by atoms with Gasteiger partial charge in [0.15, 0.2) is 0 Å². The molecule has 0 heterocycles. The zero-order valence-corrected chi connectivity index (χ0v) is 12.0. The predicted octanol–water partition coefficient (Wildman–Crippen LogP) is 2.93. The summed E-state index contributed by atoms with van der Waals surface area (Å²) in [6.07, 6.45) is 3.16. The topological polar surface area (TPSA) is 107 Å². The average Bonchev–Trinajstić information content (AvgIpc) is 2.47. The number of nitro groups is 1. The van der Waals surface area contributed by atoms with Gasteiger partial charge in [0.05, 0.1) is 11.3 Å². The molecule has 0 aliphatic heterocycles. The van der Waals surface area contributed by atoms with Crippen molar-refractivity contribution in [2.24, 2.45) is 0 Å². The Bertz CT molecular complexity index is 591. The Kier molecular flexibility index (Phi) is 4.75. The number of benzene rings is 1. The number of hydrogen-bond donors (Lipinski definition) is 1. The van der Waals surface area contributed by atoms with E-state index in [0.717, 1.165) is 19.3 Å². The number of carbonyl (C=O) groups excluding carboxylic acids is 1. The quantitative estimate of drug-likeness (QED) is 0.509. The van der Waals surface area contributed by atoms with E-state index < -0.39 is 22.5 Å². The summed E-state index contributed by atoms with van der Waals surface area (Å²) in [5, 5.41) is 20.0. The number of carboxylic acids is 1. The van der Waals surface area contributed by atoms with E-state index in [0.29, 0.717) is 12.8 Å². The van der Waals surface area contributed by atoms with Gasteiger partial charge in [-0.15, -0.1) is 0 Å². The third-order valence-corrected chi connectivity index (χ3v) is 3.87. The van der Waals surface area contributed by atoms with Crippen LogP contribution in [-0.4, -0.2) is 27.6 Å². The summed E-state index contributed by atoms with van der Waals surface area (Å²) < 4.78 is 5.44. The molecule has 118 valence electrons. The van der Waals surface area contributed by atoms with E-state index in [1.54, 1.807) is 0 Å². The van der Waals surface area contributed by atoms with E-state index in [9.17, 15) is 19.7 Å². The Hall–Kier alpha value is -2.44. The van der Waals surface area contributed by atoms with Crippen LogP contribution in [0.1, 0.15) is 48.9 Å². The van der Waals surface area contributed by atoms with Gasteiger partial charge in [0.1, 0.15) is 11.2 Å². The second-order valence-electron chi connectivity index (χ2n) is 5.48. The minimum atomic E-state index is -1.06. The Morgan fingerprint density at radius 1 is 1.23 bits per heavy atom. The number of carboxylic acid groups (broad SMARTS) is 1. The molecule has 0 unspecified atom stereocenters. The third kappa shape index (κ3) is 3.60. The number of esters is 1. The van der Waals surface area contributed by atoms with E-state index in [2.05, 4.69) is 0 Å². The molecule has 0 radical (unpaired) electrons. The lowest BCUT2D eigenvalue weighted by molar-refractivity contribution is -0.385. The first-order valence-electron chi connectivity index (χ1n) is 7.12. The number of hydrogen-bond acceptors (Lipinski definition) is 5. The predicted molar refractivity (Wildman–Crippen MR) is 76.6 cm³/mol. The molecule has 7 heteroatoms. The fourth-order valence-electron chi connectivity index (χ4n) is 2.84. The van der Waals surface area contributed by atoms with Gasteiger partial charge in [0.25, 0.3) is 5.69 Å². The lowest BCUT2D eigenvalue weighted by Crippen LogP contribution is -2.39. The fourth-order valence-corrected chi connectivity index (χ4v) is 2.84. The van der Waals surface area contributed by atoms with Crippen LogP contribution in [0.5, 0.6) is 0 Å². The number of nitro benzene ring substituents is 1. The van der Waals surface area contributed by atoms with Gasteiger partial charge in [-0.25, -0.2) is 4.79 Å². The average molecular weight is 307 g/mol. The molecule has 2 rings (SSSR count).